The van der Waals surface area contributed by atoms with E-state index in [0.29, 0.717) is 25.9 Å². The van der Waals surface area contributed by atoms with E-state index in [-0.39, 0.29) is 5.91 Å². The molecule has 1 heterocycles. The zero-order valence-electron chi connectivity index (χ0n) is 13.5. The number of hydrogen-bond acceptors (Lipinski definition) is 3. The molecule has 1 aliphatic heterocycles. The molecule has 0 radical (unpaired) electrons. The third-order valence-corrected chi connectivity index (χ3v) is 4.32. The first-order valence-corrected chi connectivity index (χ1v) is 7.64. The molecule has 5 heteroatoms. The van der Waals surface area contributed by atoms with Crippen molar-refractivity contribution in [2.75, 3.05) is 18.5 Å². The van der Waals surface area contributed by atoms with Crippen LogP contribution in [0.1, 0.15) is 37.8 Å². The van der Waals surface area contributed by atoms with Crippen LogP contribution in [0.3, 0.4) is 0 Å². The summed E-state index contributed by atoms with van der Waals surface area (Å²) in [5.41, 5.74) is 2.65. The van der Waals surface area contributed by atoms with Crippen molar-refractivity contribution in [2.45, 2.75) is 39.7 Å². The van der Waals surface area contributed by atoms with E-state index in [0.717, 1.165) is 17.7 Å². The molecule has 0 aliphatic carbocycles. The quantitative estimate of drug-likeness (QED) is 0.790. The molecule has 1 aliphatic rings. The number of nitrogens with one attached hydrogen (secondary N) is 1. The highest BCUT2D eigenvalue weighted by Gasteiger charge is 2.26. The number of rotatable bonds is 6. The van der Waals surface area contributed by atoms with Crippen LogP contribution in [-0.4, -0.2) is 30.6 Å². The summed E-state index contributed by atoms with van der Waals surface area (Å²) in [6, 6.07) is 6.14. The Balaban J connectivity index is 1.90. The molecule has 1 aromatic rings. The number of carbonyl (C=O) groups is 2. The van der Waals surface area contributed by atoms with Crippen LogP contribution in [0.15, 0.2) is 18.2 Å². The molecule has 0 bridgehead atoms. The molecule has 0 aromatic heterocycles. The normalized spacial score (nSPS) is 14.9. The van der Waals surface area contributed by atoms with Gasteiger partial charge in [0.15, 0.2) is 0 Å². The minimum absolute atomic E-state index is 0.161. The zero-order chi connectivity index (χ0) is 16.3. The van der Waals surface area contributed by atoms with Gasteiger partial charge >= 0.3 is 5.97 Å². The third kappa shape index (κ3) is 3.65. The third-order valence-electron chi connectivity index (χ3n) is 4.32. The van der Waals surface area contributed by atoms with Gasteiger partial charge in [0.1, 0.15) is 0 Å². The van der Waals surface area contributed by atoms with E-state index in [9.17, 15) is 9.59 Å². The first-order valence-electron chi connectivity index (χ1n) is 7.64. The zero-order valence-corrected chi connectivity index (χ0v) is 13.5. The molecule has 0 saturated carbocycles. The molecule has 1 amide bonds. The number of nitrogens with zero attached hydrogens (tertiary/aromatic N) is 1. The number of carboxylic acids is 1. The molecular weight excluding hydrogens is 280 g/mol. The van der Waals surface area contributed by atoms with E-state index in [1.165, 1.54) is 5.56 Å². The first-order chi connectivity index (χ1) is 10.3. The van der Waals surface area contributed by atoms with Gasteiger partial charge in [-0.15, -0.1) is 0 Å². The Labute approximate surface area is 131 Å². The number of aliphatic carboxylic acids is 1. The summed E-state index contributed by atoms with van der Waals surface area (Å²) in [5, 5.41) is 12.4. The van der Waals surface area contributed by atoms with Gasteiger partial charge in [-0.3, -0.25) is 9.59 Å². The average Bonchev–Trinajstić information content (AvgIpc) is 2.47. The van der Waals surface area contributed by atoms with Crippen LogP contribution >= 0.6 is 0 Å². The van der Waals surface area contributed by atoms with Gasteiger partial charge in [-0.2, -0.15) is 0 Å². The maximum atomic E-state index is 11.7. The summed E-state index contributed by atoms with van der Waals surface area (Å²) in [5.74, 6) is -0.606. The van der Waals surface area contributed by atoms with Crippen LogP contribution in [0.2, 0.25) is 0 Å². The highest BCUT2D eigenvalue weighted by Crippen LogP contribution is 2.27. The maximum absolute atomic E-state index is 11.7. The fraction of sp³-hybridized carbons (Fsp3) is 0.529. The van der Waals surface area contributed by atoms with Crippen molar-refractivity contribution in [2.24, 2.45) is 5.41 Å². The van der Waals surface area contributed by atoms with Crippen LogP contribution in [0.25, 0.3) is 0 Å². The van der Waals surface area contributed by atoms with Crippen LogP contribution in [0.5, 0.6) is 0 Å². The largest absolute Gasteiger partial charge is 0.481 e. The Morgan fingerprint density at radius 2 is 2.09 bits per heavy atom. The number of fused-ring (bicyclic) bond motifs is 1. The van der Waals surface area contributed by atoms with Gasteiger partial charge in [0.05, 0.1) is 5.41 Å². The number of aryl methyl sites for hydroxylation is 1. The van der Waals surface area contributed by atoms with E-state index >= 15 is 0 Å². The lowest BCUT2D eigenvalue weighted by atomic mass is 9.89. The van der Waals surface area contributed by atoms with Crippen LogP contribution < -0.4 is 10.2 Å². The van der Waals surface area contributed by atoms with E-state index in [4.69, 9.17) is 5.11 Å². The van der Waals surface area contributed by atoms with Crippen molar-refractivity contribution in [3.8, 4) is 0 Å². The predicted molar refractivity (Wildman–Crippen MR) is 85.9 cm³/mol. The van der Waals surface area contributed by atoms with Crippen molar-refractivity contribution in [3.63, 3.8) is 0 Å². The first kappa shape index (κ1) is 16.5. The molecular formula is C17H24N2O3. The van der Waals surface area contributed by atoms with Gasteiger partial charge < -0.3 is 15.3 Å². The molecule has 0 saturated heterocycles. The van der Waals surface area contributed by atoms with E-state index < -0.39 is 11.4 Å². The number of carboxylic acid groups (broad SMARTS) is 1. The molecule has 22 heavy (non-hydrogen) atoms. The number of hydrogen-bond donors (Lipinski definition) is 2. The predicted octanol–water partition coefficient (Wildman–Crippen LogP) is 2.19. The maximum Gasteiger partial charge on any atom is 0.309 e. The van der Waals surface area contributed by atoms with Gasteiger partial charge in [-0.05, 0) is 50.4 Å². The molecule has 0 spiro atoms. The Bertz CT molecular complexity index is 581. The molecule has 1 aromatic carbocycles. The van der Waals surface area contributed by atoms with Gasteiger partial charge in [-0.1, -0.05) is 12.1 Å². The van der Waals surface area contributed by atoms with Crippen LogP contribution in [0, 0.1) is 5.41 Å². The van der Waals surface area contributed by atoms with E-state index in [2.05, 4.69) is 11.4 Å². The van der Waals surface area contributed by atoms with E-state index in [1.807, 2.05) is 19.2 Å². The highest BCUT2D eigenvalue weighted by atomic mass is 16.4. The van der Waals surface area contributed by atoms with Gasteiger partial charge in [0.25, 0.3) is 0 Å². The molecule has 0 atom stereocenters. The lowest BCUT2D eigenvalue weighted by Gasteiger charge is -2.26. The van der Waals surface area contributed by atoms with Crippen LogP contribution in [-0.2, 0) is 22.6 Å². The van der Waals surface area contributed by atoms with Crippen LogP contribution in [0.4, 0.5) is 5.69 Å². The van der Waals surface area contributed by atoms with Crippen molar-refractivity contribution < 1.29 is 14.7 Å². The SMILES string of the molecule is CN1C(=O)CCc2cc(CNCCC(C)(C)C(=O)O)ccc21. The fourth-order valence-electron chi connectivity index (χ4n) is 2.56. The van der Waals surface area contributed by atoms with E-state index in [1.54, 1.807) is 18.7 Å². The molecule has 5 nitrogen and oxygen atoms in total. The monoisotopic (exact) mass is 304 g/mol. The number of amides is 1. The van der Waals surface area contributed by atoms with Gasteiger partial charge in [0, 0.05) is 25.7 Å². The smallest absolute Gasteiger partial charge is 0.309 e. The summed E-state index contributed by atoms with van der Waals surface area (Å²) >= 11 is 0. The molecule has 2 rings (SSSR count). The molecule has 0 unspecified atom stereocenters. The summed E-state index contributed by atoms with van der Waals surface area (Å²) in [7, 11) is 1.81. The second-order valence-electron chi connectivity index (χ2n) is 6.53. The second-order valence-corrected chi connectivity index (χ2v) is 6.53. The van der Waals surface area contributed by atoms with Gasteiger partial charge in [-0.25, -0.2) is 0 Å². The highest BCUT2D eigenvalue weighted by molar-refractivity contribution is 5.95. The summed E-state index contributed by atoms with van der Waals surface area (Å²) in [4.78, 5) is 24.4. The fourth-order valence-corrected chi connectivity index (χ4v) is 2.56. The summed E-state index contributed by atoms with van der Waals surface area (Å²) in [6.45, 7) is 4.85. The van der Waals surface area contributed by atoms with Crippen molar-refractivity contribution >= 4 is 17.6 Å². The van der Waals surface area contributed by atoms with Crippen molar-refractivity contribution in [1.29, 1.82) is 0 Å². The second kappa shape index (κ2) is 6.48. The lowest BCUT2D eigenvalue weighted by molar-refractivity contribution is -0.147. The van der Waals surface area contributed by atoms with Crippen molar-refractivity contribution in [3.05, 3.63) is 29.3 Å². The number of anilines is 1. The minimum Gasteiger partial charge on any atom is -0.481 e. The molecule has 0 fully saturated rings. The standard InChI is InChI=1S/C17H24N2O3/c1-17(2,16(21)22)8-9-18-11-12-4-6-14-13(10-12)5-7-15(20)19(14)3/h4,6,10,18H,5,7-9,11H2,1-3H3,(H,21,22). The number of carbonyl (C=O) groups excluding carboxylic acids is 1. The summed E-state index contributed by atoms with van der Waals surface area (Å²) < 4.78 is 0. The topological polar surface area (TPSA) is 69.6 Å². The molecule has 120 valence electrons. The Morgan fingerprint density at radius 1 is 1.36 bits per heavy atom. The van der Waals surface area contributed by atoms with Crippen molar-refractivity contribution in [1.82, 2.24) is 5.32 Å². The Morgan fingerprint density at radius 3 is 2.77 bits per heavy atom. The van der Waals surface area contributed by atoms with Gasteiger partial charge in [0.2, 0.25) is 5.91 Å². The lowest BCUT2D eigenvalue weighted by Crippen LogP contribution is -2.31. The Kier molecular flexibility index (Phi) is 4.86. The molecule has 2 N–H and O–H groups in total. The minimum atomic E-state index is -0.768. The average molecular weight is 304 g/mol. The summed E-state index contributed by atoms with van der Waals surface area (Å²) in [6.07, 6.45) is 1.94. The Hall–Kier alpha value is -1.88. The number of benzene rings is 1.